The summed E-state index contributed by atoms with van der Waals surface area (Å²) in [6.45, 7) is 7.04. The maximum atomic E-state index is 12.0. The van der Waals surface area contributed by atoms with Crippen molar-refractivity contribution in [3.63, 3.8) is 0 Å². The van der Waals surface area contributed by atoms with E-state index >= 15 is 0 Å². The van der Waals surface area contributed by atoms with Crippen LogP contribution in [0, 0.1) is 13.8 Å². The summed E-state index contributed by atoms with van der Waals surface area (Å²) in [6.07, 6.45) is 1.67. The third-order valence-electron chi connectivity index (χ3n) is 4.43. The number of nitrogens with one attached hydrogen (secondary N) is 1. The van der Waals surface area contributed by atoms with Crippen LogP contribution >= 0.6 is 0 Å². The van der Waals surface area contributed by atoms with E-state index in [1.165, 1.54) is 5.69 Å². The quantitative estimate of drug-likeness (QED) is 0.543. The van der Waals surface area contributed by atoms with E-state index < -0.39 is 0 Å². The van der Waals surface area contributed by atoms with Gasteiger partial charge in [0.1, 0.15) is 5.75 Å². The van der Waals surface area contributed by atoms with Crippen LogP contribution in [0.25, 0.3) is 10.8 Å². The molecule has 1 aromatic heterocycles. The number of ether oxygens (including phenoxy) is 1. The van der Waals surface area contributed by atoms with Crippen LogP contribution < -0.4 is 10.2 Å². The Morgan fingerprint density at radius 2 is 1.96 bits per heavy atom. The van der Waals surface area contributed by atoms with Crippen molar-refractivity contribution in [2.75, 3.05) is 6.61 Å². The first-order valence-electron chi connectivity index (χ1n) is 8.69. The molecule has 0 radical (unpaired) electrons. The molecule has 3 rings (SSSR count). The van der Waals surface area contributed by atoms with Crippen LogP contribution in [-0.2, 0) is 11.3 Å². The molecule has 26 heavy (non-hydrogen) atoms. The first kappa shape index (κ1) is 17.7. The molecule has 0 saturated carbocycles. The van der Waals surface area contributed by atoms with Gasteiger partial charge in [0.15, 0.2) is 6.61 Å². The summed E-state index contributed by atoms with van der Waals surface area (Å²) in [7, 11) is 0. The van der Waals surface area contributed by atoms with E-state index in [9.17, 15) is 4.79 Å². The maximum Gasteiger partial charge on any atom is 0.277 e. The van der Waals surface area contributed by atoms with Crippen LogP contribution in [0.3, 0.4) is 0 Å². The Kier molecular flexibility index (Phi) is 5.37. The van der Waals surface area contributed by atoms with E-state index in [1.807, 2.05) is 49.4 Å². The number of fused-ring (bicyclic) bond motifs is 1. The number of hydrazone groups is 1. The molecule has 2 aromatic carbocycles. The van der Waals surface area contributed by atoms with Crippen LogP contribution in [-0.4, -0.2) is 23.3 Å². The van der Waals surface area contributed by atoms with Gasteiger partial charge in [-0.1, -0.05) is 36.4 Å². The van der Waals surface area contributed by atoms with E-state index in [1.54, 1.807) is 6.21 Å². The van der Waals surface area contributed by atoms with Crippen molar-refractivity contribution >= 4 is 22.9 Å². The van der Waals surface area contributed by atoms with Gasteiger partial charge in [0, 0.05) is 28.9 Å². The Morgan fingerprint density at radius 1 is 1.19 bits per heavy atom. The molecule has 0 fully saturated rings. The van der Waals surface area contributed by atoms with Gasteiger partial charge in [0.25, 0.3) is 5.91 Å². The maximum absolute atomic E-state index is 12.0. The summed E-state index contributed by atoms with van der Waals surface area (Å²) in [4.78, 5) is 12.0. The average Bonchev–Trinajstić information content (AvgIpc) is 2.92. The molecular formula is C21H23N3O2. The van der Waals surface area contributed by atoms with Gasteiger partial charge < -0.3 is 9.30 Å². The Labute approximate surface area is 153 Å². The minimum absolute atomic E-state index is 0.0840. The van der Waals surface area contributed by atoms with Crippen molar-refractivity contribution in [3.05, 3.63) is 65.5 Å². The standard InChI is InChI=1S/C21H23N3O2/c1-4-24-15(2)12-18(16(24)3)13-22-23-21(25)14-26-20-11-7-9-17-8-5-6-10-19(17)20/h5-13H,4,14H2,1-3H3,(H,23,25)/b22-13+. The number of amides is 1. The summed E-state index contributed by atoms with van der Waals surface area (Å²) in [5, 5.41) is 6.11. The second kappa shape index (κ2) is 7.87. The fourth-order valence-electron chi connectivity index (χ4n) is 3.12. The van der Waals surface area contributed by atoms with Gasteiger partial charge in [0.05, 0.1) is 6.21 Å². The fourth-order valence-corrected chi connectivity index (χ4v) is 3.12. The zero-order chi connectivity index (χ0) is 18.5. The van der Waals surface area contributed by atoms with E-state index in [4.69, 9.17) is 4.74 Å². The van der Waals surface area contributed by atoms with E-state index in [0.29, 0.717) is 5.75 Å². The molecule has 0 aliphatic rings. The number of hydrogen-bond donors (Lipinski definition) is 1. The third-order valence-corrected chi connectivity index (χ3v) is 4.43. The van der Waals surface area contributed by atoms with Crippen LogP contribution in [0.5, 0.6) is 5.75 Å². The van der Waals surface area contributed by atoms with Gasteiger partial charge in [0.2, 0.25) is 0 Å². The molecule has 0 aliphatic heterocycles. The van der Waals surface area contributed by atoms with E-state index in [-0.39, 0.29) is 12.5 Å². The normalized spacial score (nSPS) is 11.2. The average molecular weight is 349 g/mol. The van der Waals surface area contributed by atoms with Crippen LogP contribution in [0.15, 0.2) is 53.6 Å². The highest BCUT2D eigenvalue weighted by molar-refractivity contribution is 5.89. The van der Waals surface area contributed by atoms with Gasteiger partial charge in [-0.25, -0.2) is 5.43 Å². The van der Waals surface area contributed by atoms with Crippen molar-refractivity contribution in [2.45, 2.75) is 27.3 Å². The Balaban J connectivity index is 1.59. The summed E-state index contributed by atoms with van der Waals surface area (Å²) in [6, 6.07) is 15.8. The molecule has 0 saturated heterocycles. The molecule has 0 unspecified atom stereocenters. The minimum atomic E-state index is -0.293. The molecule has 1 heterocycles. The zero-order valence-corrected chi connectivity index (χ0v) is 15.3. The monoisotopic (exact) mass is 349 g/mol. The Hall–Kier alpha value is -3.08. The molecule has 3 aromatic rings. The highest BCUT2D eigenvalue weighted by Gasteiger charge is 2.07. The third kappa shape index (κ3) is 3.77. The van der Waals surface area contributed by atoms with Gasteiger partial charge in [-0.3, -0.25) is 4.79 Å². The number of nitrogens with zero attached hydrogens (tertiary/aromatic N) is 2. The molecule has 0 atom stereocenters. The second-order valence-corrected chi connectivity index (χ2v) is 6.13. The van der Waals surface area contributed by atoms with Crippen molar-refractivity contribution in [1.29, 1.82) is 0 Å². The molecule has 0 aliphatic carbocycles. The molecular weight excluding hydrogens is 326 g/mol. The van der Waals surface area contributed by atoms with Crippen LogP contribution in [0.2, 0.25) is 0 Å². The SMILES string of the molecule is CCn1c(C)cc(/C=N/NC(=O)COc2cccc3ccccc23)c1C. The second-order valence-electron chi connectivity index (χ2n) is 6.13. The van der Waals surface area contributed by atoms with Gasteiger partial charge in [-0.05, 0) is 38.3 Å². The van der Waals surface area contributed by atoms with Crippen molar-refractivity contribution in [1.82, 2.24) is 9.99 Å². The van der Waals surface area contributed by atoms with Crippen LogP contribution in [0.4, 0.5) is 0 Å². The lowest BCUT2D eigenvalue weighted by molar-refractivity contribution is -0.123. The number of aromatic nitrogens is 1. The predicted octanol–water partition coefficient (Wildman–Crippen LogP) is 3.81. The molecule has 5 heteroatoms. The lowest BCUT2D eigenvalue weighted by atomic mass is 10.1. The fraction of sp³-hybridized carbons (Fsp3) is 0.238. The van der Waals surface area contributed by atoms with Gasteiger partial charge >= 0.3 is 0 Å². The van der Waals surface area contributed by atoms with Crippen molar-refractivity contribution < 1.29 is 9.53 Å². The van der Waals surface area contributed by atoms with E-state index in [0.717, 1.165) is 28.6 Å². The minimum Gasteiger partial charge on any atom is -0.483 e. The molecule has 5 nitrogen and oxygen atoms in total. The van der Waals surface area contributed by atoms with Crippen molar-refractivity contribution in [3.8, 4) is 5.75 Å². The topological polar surface area (TPSA) is 55.6 Å². The lowest BCUT2D eigenvalue weighted by Gasteiger charge is -2.08. The van der Waals surface area contributed by atoms with Gasteiger partial charge in [-0.15, -0.1) is 0 Å². The van der Waals surface area contributed by atoms with Gasteiger partial charge in [-0.2, -0.15) is 5.10 Å². The van der Waals surface area contributed by atoms with Crippen molar-refractivity contribution in [2.24, 2.45) is 5.10 Å². The summed E-state index contributed by atoms with van der Waals surface area (Å²) in [5.41, 5.74) is 5.83. The number of aryl methyl sites for hydroxylation is 1. The number of hydrogen-bond acceptors (Lipinski definition) is 3. The highest BCUT2D eigenvalue weighted by Crippen LogP contribution is 2.24. The number of carbonyl (C=O) groups excluding carboxylic acids is 1. The zero-order valence-electron chi connectivity index (χ0n) is 15.3. The molecule has 0 bridgehead atoms. The lowest BCUT2D eigenvalue weighted by Crippen LogP contribution is -2.24. The Bertz CT molecular complexity index is 952. The molecule has 1 amide bonds. The molecule has 134 valence electrons. The summed E-state index contributed by atoms with van der Waals surface area (Å²) in [5.74, 6) is 0.396. The number of benzene rings is 2. The number of carbonyl (C=O) groups is 1. The smallest absolute Gasteiger partial charge is 0.277 e. The highest BCUT2D eigenvalue weighted by atomic mass is 16.5. The molecule has 1 N–H and O–H groups in total. The Morgan fingerprint density at radius 3 is 2.73 bits per heavy atom. The predicted molar refractivity (Wildman–Crippen MR) is 105 cm³/mol. The molecule has 0 spiro atoms. The van der Waals surface area contributed by atoms with E-state index in [2.05, 4.69) is 35.0 Å². The number of rotatable bonds is 6. The van der Waals surface area contributed by atoms with Crippen LogP contribution in [0.1, 0.15) is 23.9 Å². The first-order valence-corrected chi connectivity index (χ1v) is 8.69. The largest absolute Gasteiger partial charge is 0.483 e. The summed E-state index contributed by atoms with van der Waals surface area (Å²) < 4.78 is 7.86. The summed E-state index contributed by atoms with van der Waals surface area (Å²) >= 11 is 0. The first-order chi connectivity index (χ1) is 12.6.